The summed E-state index contributed by atoms with van der Waals surface area (Å²) in [5.41, 5.74) is 9.40. The number of aliphatic imine (C=N–C) groups is 1. The Morgan fingerprint density at radius 3 is 2.37 bits per heavy atom. The third-order valence-corrected chi connectivity index (χ3v) is 6.51. The molecule has 0 saturated carbocycles. The third-order valence-electron chi connectivity index (χ3n) is 6.51. The maximum Gasteiger partial charge on any atom is 0.155 e. The number of nitrogens with two attached hydrogens (primary N) is 1. The first-order valence-electron chi connectivity index (χ1n) is 11.9. The SMILES string of the molecule is NN1NC(c2ccc3[nH]nc(-c4ccccc4)c3c2)=NC(N2CCNCC2)=C1Cc1ccccc1. The highest BCUT2D eigenvalue weighted by Gasteiger charge is 2.26. The van der Waals surface area contributed by atoms with E-state index in [0.29, 0.717) is 6.42 Å². The number of benzene rings is 3. The number of amidine groups is 1. The first kappa shape index (κ1) is 21.4. The van der Waals surface area contributed by atoms with Crippen molar-refractivity contribution in [3.8, 4) is 11.3 Å². The number of fused-ring (bicyclic) bond motifs is 1. The van der Waals surface area contributed by atoms with Crippen LogP contribution in [0.4, 0.5) is 0 Å². The molecule has 8 heteroatoms. The number of hydrogen-bond acceptors (Lipinski definition) is 7. The summed E-state index contributed by atoms with van der Waals surface area (Å²) in [5, 5.41) is 13.8. The second-order valence-corrected chi connectivity index (χ2v) is 8.81. The summed E-state index contributed by atoms with van der Waals surface area (Å²) < 4.78 is 0. The van der Waals surface area contributed by atoms with Crippen molar-refractivity contribution in [1.29, 1.82) is 0 Å². The molecular weight excluding hydrogens is 436 g/mol. The van der Waals surface area contributed by atoms with Crippen LogP contribution in [0.2, 0.25) is 0 Å². The molecule has 0 bridgehead atoms. The van der Waals surface area contributed by atoms with Crippen molar-refractivity contribution in [3.63, 3.8) is 0 Å². The minimum absolute atomic E-state index is 0.694. The fourth-order valence-electron chi connectivity index (χ4n) is 4.67. The van der Waals surface area contributed by atoms with E-state index in [1.807, 2.05) is 36.4 Å². The maximum absolute atomic E-state index is 6.59. The molecule has 35 heavy (non-hydrogen) atoms. The smallest absolute Gasteiger partial charge is 0.155 e. The van der Waals surface area contributed by atoms with Crippen LogP contribution < -0.4 is 16.6 Å². The number of rotatable bonds is 5. The number of aromatic nitrogens is 2. The van der Waals surface area contributed by atoms with Crippen molar-refractivity contribution in [2.45, 2.75) is 6.42 Å². The van der Waals surface area contributed by atoms with Gasteiger partial charge in [0.2, 0.25) is 0 Å². The predicted octanol–water partition coefficient (Wildman–Crippen LogP) is 2.99. The number of hydrogen-bond donors (Lipinski definition) is 4. The summed E-state index contributed by atoms with van der Waals surface area (Å²) in [6.45, 7) is 3.62. The molecule has 0 unspecified atom stereocenters. The van der Waals surface area contributed by atoms with Crippen LogP contribution in [0.1, 0.15) is 11.1 Å². The minimum Gasteiger partial charge on any atom is -0.352 e. The Kier molecular flexibility index (Phi) is 5.65. The van der Waals surface area contributed by atoms with Crippen molar-refractivity contribution in [2.24, 2.45) is 10.8 Å². The van der Waals surface area contributed by atoms with E-state index in [4.69, 9.17) is 10.8 Å². The molecule has 4 aromatic rings. The van der Waals surface area contributed by atoms with Gasteiger partial charge in [0.05, 0.1) is 16.9 Å². The fourth-order valence-corrected chi connectivity index (χ4v) is 4.67. The summed E-state index contributed by atoms with van der Waals surface area (Å²) in [6.07, 6.45) is 0.694. The maximum atomic E-state index is 6.59. The average Bonchev–Trinajstić information content (AvgIpc) is 3.35. The van der Waals surface area contributed by atoms with E-state index in [1.54, 1.807) is 5.12 Å². The molecule has 0 atom stereocenters. The number of piperazine rings is 1. The number of nitrogens with one attached hydrogen (secondary N) is 3. The van der Waals surface area contributed by atoms with Gasteiger partial charge in [-0.15, -0.1) is 0 Å². The highest BCUT2D eigenvalue weighted by molar-refractivity contribution is 6.04. The lowest BCUT2D eigenvalue weighted by molar-refractivity contribution is 0.243. The van der Waals surface area contributed by atoms with Crippen LogP contribution in [0, 0.1) is 0 Å². The first-order chi connectivity index (χ1) is 17.3. The van der Waals surface area contributed by atoms with Crippen LogP contribution in [-0.4, -0.2) is 52.2 Å². The quantitative estimate of drug-likeness (QED) is 0.339. The van der Waals surface area contributed by atoms with Crippen LogP contribution in [0.15, 0.2) is 95.4 Å². The molecule has 1 aromatic heterocycles. The molecule has 5 N–H and O–H groups in total. The van der Waals surface area contributed by atoms with E-state index in [0.717, 1.165) is 71.3 Å². The molecule has 1 saturated heterocycles. The Bertz CT molecular complexity index is 1380. The topological polar surface area (TPSA) is 97.6 Å². The van der Waals surface area contributed by atoms with Crippen LogP contribution in [0.25, 0.3) is 22.2 Å². The van der Waals surface area contributed by atoms with Gasteiger partial charge in [0.25, 0.3) is 0 Å². The molecule has 2 aliphatic heterocycles. The van der Waals surface area contributed by atoms with E-state index in [1.165, 1.54) is 5.56 Å². The average molecular weight is 465 g/mol. The van der Waals surface area contributed by atoms with E-state index in [9.17, 15) is 0 Å². The molecule has 176 valence electrons. The van der Waals surface area contributed by atoms with Crippen molar-refractivity contribution >= 4 is 16.7 Å². The van der Waals surface area contributed by atoms with E-state index in [2.05, 4.69) is 68.3 Å². The van der Waals surface area contributed by atoms with Crippen LogP contribution in [0.5, 0.6) is 0 Å². The normalized spacial score (nSPS) is 16.4. The summed E-state index contributed by atoms with van der Waals surface area (Å²) in [4.78, 5) is 7.45. The molecule has 0 spiro atoms. The number of allylic oxidation sites excluding steroid dienone is 1. The molecule has 3 heterocycles. The second-order valence-electron chi connectivity index (χ2n) is 8.81. The van der Waals surface area contributed by atoms with E-state index in [-0.39, 0.29) is 0 Å². The van der Waals surface area contributed by atoms with Crippen molar-refractivity contribution in [1.82, 2.24) is 31.0 Å². The van der Waals surface area contributed by atoms with Gasteiger partial charge in [0.1, 0.15) is 0 Å². The summed E-state index contributed by atoms with van der Waals surface area (Å²) in [7, 11) is 0. The zero-order chi connectivity index (χ0) is 23.6. The highest BCUT2D eigenvalue weighted by Crippen LogP contribution is 2.28. The lowest BCUT2D eigenvalue weighted by Crippen LogP contribution is -2.53. The number of aromatic amines is 1. The molecule has 0 radical (unpaired) electrons. The zero-order valence-corrected chi connectivity index (χ0v) is 19.4. The highest BCUT2D eigenvalue weighted by atomic mass is 15.7. The molecule has 3 aromatic carbocycles. The van der Waals surface area contributed by atoms with Gasteiger partial charge in [-0.25, -0.2) is 16.0 Å². The van der Waals surface area contributed by atoms with Gasteiger partial charge < -0.3 is 10.2 Å². The Labute approximate surface area is 204 Å². The zero-order valence-electron chi connectivity index (χ0n) is 19.4. The van der Waals surface area contributed by atoms with E-state index >= 15 is 0 Å². The molecule has 0 aliphatic carbocycles. The molecule has 2 aliphatic rings. The minimum atomic E-state index is 0.694. The first-order valence-corrected chi connectivity index (χ1v) is 11.9. The molecular formula is C27H28N8. The van der Waals surface area contributed by atoms with Crippen molar-refractivity contribution in [3.05, 3.63) is 102 Å². The van der Waals surface area contributed by atoms with Gasteiger partial charge >= 0.3 is 0 Å². The Balaban J connectivity index is 1.42. The van der Waals surface area contributed by atoms with Crippen molar-refractivity contribution < 1.29 is 0 Å². The Morgan fingerprint density at radius 2 is 1.60 bits per heavy atom. The standard InChI is InChI=1S/C27H28N8/c28-35-24(17-19-7-3-1-4-8-19)27(34-15-13-29-14-16-34)30-26(33-35)21-11-12-23-22(18-21)25(32-31-23)20-9-5-2-6-10-20/h1-12,18,29H,13-17,28H2,(H,30,33)(H,31,32). The largest absolute Gasteiger partial charge is 0.352 e. The molecule has 0 amide bonds. The van der Waals surface area contributed by atoms with Gasteiger partial charge in [0.15, 0.2) is 11.7 Å². The van der Waals surface area contributed by atoms with Gasteiger partial charge in [0, 0.05) is 49.1 Å². The number of nitrogens with zero attached hydrogens (tertiary/aromatic N) is 4. The van der Waals surface area contributed by atoms with Crippen LogP contribution in [-0.2, 0) is 6.42 Å². The van der Waals surface area contributed by atoms with Crippen molar-refractivity contribution in [2.75, 3.05) is 26.2 Å². The summed E-state index contributed by atoms with van der Waals surface area (Å²) >= 11 is 0. The number of hydrazine groups is 2. The van der Waals surface area contributed by atoms with Gasteiger partial charge in [-0.3, -0.25) is 10.5 Å². The fraction of sp³-hybridized carbons (Fsp3) is 0.185. The third kappa shape index (κ3) is 4.25. The van der Waals surface area contributed by atoms with E-state index < -0.39 is 0 Å². The van der Waals surface area contributed by atoms with Gasteiger partial charge in [-0.05, 0) is 23.8 Å². The monoisotopic (exact) mass is 464 g/mol. The van der Waals surface area contributed by atoms with Gasteiger partial charge in [-0.1, -0.05) is 60.7 Å². The number of H-pyrrole nitrogens is 1. The van der Waals surface area contributed by atoms with Crippen LogP contribution in [0.3, 0.4) is 0 Å². The Morgan fingerprint density at radius 1 is 0.857 bits per heavy atom. The lowest BCUT2D eigenvalue weighted by atomic mass is 10.0. The lowest BCUT2D eigenvalue weighted by Gasteiger charge is -2.37. The summed E-state index contributed by atoms with van der Waals surface area (Å²) in [6, 6.07) is 26.8. The predicted molar refractivity (Wildman–Crippen MR) is 139 cm³/mol. The summed E-state index contributed by atoms with van der Waals surface area (Å²) in [5.74, 6) is 8.23. The van der Waals surface area contributed by atoms with Gasteiger partial charge in [-0.2, -0.15) is 5.10 Å². The second kappa shape index (κ2) is 9.25. The molecule has 6 rings (SSSR count). The molecule has 1 fully saturated rings. The van der Waals surface area contributed by atoms with Crippen LogP contribution >= 0.6 is 0 Å². The molecule has 8 nitrogen and oxygen atoms in total. The Hall–Kier alpha value is -4.14.